The maximum atomic E-state index is 3.78. The molecule has 1 unspecified atom stereocenters. The van der Waals surface area contributed by atoms with E-state index in [0.717, 1.165) is 12.5 Å². The molecule has 0 radical (unpaired) electrons. The summed E-state index contributed by atoms with van der Waals surface area (Å²) in [5.74, 6) is 0. The van der Waals surface area contributed by atoms with Crippen molar-refractivity contribution in [3.8, 4) is 0 Å². The maximum absolute atomic E-state index is 3.78. The Bertz CT molecular complexity index is 260. The fourth-order valence-corrected chi connectivity index (χ4v) is 2.54. The topological polar surface area (TPSA) is 27.8 Å². The minimum atomic E-state index is 0.517. The Hall–Kier alpha value is -0.760. The number of nitrogens with one attached hydrogen (secondary N) is 2. The van der Waals surface area contributed by atoms with Crippen molar-refractivity contribution in [2.75, 3.05) is 0 Å². The molecular formula is C13H22N2. The van der Waals surface area contributed by atoms with Gasteiger partial charge in [0.15, 0.2) is 0 Å². The third-order valence-corrected chi connectivity index (χ3v) is 3.45. The first-order valence-corrected chi connectivity index (χ1v) is 6.29. The van der Waals surface area contributed by atoms with Crippen LogP contribution in [0.25, 0.3) is 0 Å². The molecule has 1 aromatic rings. The standard InChI is InChI=1S/C13H22N2/c1-2-12(13-9-6-10-14-13)15-11-7-4-3-5-8-11/h6,9-12,14-15H,2-5,7-8H2,1H3. The van der Waals surface area contributed by atoms with Crippen LogP contribution in [0, 0.1) is 0 Å². The van der Waals surface area contributed by atoms with E-state index in [1.807, 2.05) is 6.20 Å². The van der Waals surface area contributed by atoms with E-state index in [-0.39, 0.29) is 0 Å². The van der Waals surface area contributed by atoms with Gasteiger partial charge in [0.05, 0.1) is 0 Å². The Morgan fingerprint density at radius 1 is 1.40 bits per heavy atom. The largest absolute Gasteiger partial charge is 0.364 e. The number of hydrogen-bond acceptors (Lipinski definition) is 1. The quantitative estimate of drug-likeness (QED) is 0.776. The van der Waals surface area contributed by atoms with Crippen LogP contribution in [0.4, 0.5) is 0 Å². The van der Waals surface area contributed by atoms with Crippen LogP contribution in [0.15, 0.2) is 18.3 Å². The van der Waals surface area contributed by atoms with E-state index in [0.29, 0.717) is 6.04 Å². The lowest BCUT2D eigenvalue weighted by Crippen LogP contribution is -2.34. The maximum Gasteiger partial charge on any atom is 0.0472 e. The van der Waals surface area contributed by atoms with Crippen molar-refractivity contribution in [1.82, 2.24) is 10.3 Å². The average Bonchev–Trinajstić information content (AvgIpc) is 2.81. The normalized spacial score (nSPS) is 20.3. The molecule has 0 saturated heterocycles. The van der Waals surface area contributed by atoms with Gasteiger partial charge in [0, 0.05) is 24.0 Å². The molecule has 1 heterocycles. The highest BCUT2D eigenvalue weighted by atomic mass is 15.0. The van der Waals surface area contributed by atoms with E-state index in [4.69, 9.17) is 0 Å². The zero-order valence-corrected chi connectivity index (χ0v) is 9.63. The highest BCUT2D eigenvalue weighted by molar-refractivity contribution is 5.09. The summed E-state index contributed by atoms with van der Waals surface area (Å²) >= 11 is 0. The Morgan fingerprint density at radius 2 is 2.20 bits per heavy atom. The summed E-state index contributed by atoms with van der Waals surface area (Å²) in [4.78, 5) is 3.32. The second kappa shape index (κ2) is 5.36. The van der Waals surface area contributed by atoms with Gasteiger partial charge in [0.1, 0.15) is 0 Å². The molecule has 2 N–H and O–H groups in total. The lowest BCUT2D eigenvalue weighted by Gasteiger charge is -2.27. The minimum absolute atomic E-state index is 0.517. The van der Waals surface area contributed by atoms with Crippen LogP contribution in [-0.4, -0.2) is 11.0 Å². The van der Waals surface area contributed by atoms with Crippen molar-refractivity contribution in [1.29, 1.82) is 0 Å². The third kappa shape index (κ3) is 2.85. The van der Waals surface area contributed by atoms with E-state index < -0.39 is 0 Å². The first-order chi connectivity index (χ1) is 7.40. The van der Waals surface area contributed by atoms with E-state index >= 15 is 0 Å². The monoisotopic (exact) mass is 206 g/mol. The van der Waals surface area contributed by atoms with Crippen molar-refractivity contribution in [3.05, 3.63) is 24.0 Å². The van der Waals surface area contributed by atoms with Crippen molar-refractivity contribution in [2.45, 2.75) is 57.5 Å². The van der Waals surface area contributed by atoms with Crippen LogP contribution in [0.2, 0.25) is 0 Å². The second-order valence-electron chi connectivity index (χ2n) is 4.59. The number of H-pyrrole nitrogens is 1. The summed E-state index contributed by atoms with van der Waals surface area (Å²) < 4.78 is 0. The molecule has 1 aromatic heterocycles. The van der Waals surface area contributed by atoms with Gasteiger partial charge in [0.25, 0.3) is 0 Å². The predicted octanol–water partition coefficient (Wildman–Crippen LogP) is 3.39. The van der Waals surface area contributed by atoms with Gasteiger partial charge in [-0.05, 0) is 31.4 Å². The highest BCUT2D eigenvalue weighted by Gasteiger charge is 2.18. The average molecular weight is 206 g/mol. The Balaban J connectivity index is 1.90. The van der Waals surface area contributed by atoms with Gasteiger partial charge in [-0.15, -0.1) is 0 Å². The Labute approximate surface area is 92.5 Å². The zero-order chi connectivity index (χ0) is 10.5. The van der Waals surface area contributed by atoms with Crippen molar-refractivity contribution < 1.29 is 0 Å². The Kier molecular flexibility index (Phi) is 3.84. The molecule has 2 rings (SSSR count). The SMILES string of the molecule is CCC(NC1CCCCC1)c1ccc[nH]1. The molecule has 1 atom stereocenters. The summed E-state index contributed by atoms with van der Waals surface area (Å²) in [6.45, 7) is 2.25. The molecule has 1 fully saturated rings. The van der Waals surface area contributed by atoms with Crippen LogP contribution in [0.3, 0.4) is 0 Å². The fourth-order valence-electron chi connectivity index (χ4n) is 2.54. The molecule has 0 aromatic carbocycles. The zero-order valence-electron chi connectivity index (χ0n) is 9.63. The van der Waals surface area contributed by atoms with Crippen LogP contribution in [0.5, 0.6) is 0 Å². The lowest BCUT2D eigenvalue weighted by atomic mass is 9.94. The van der Waals surface area contributed by atoms with E-state index in [1.54, 1.807) is 0 Å². The van der Waals surface area contributed by atoms with Gasteiger partial charge in [-0.25, -0.2) is 0 Å². The van der Waals surface area contributed by atoms with Gasteiger partial charge in [-0.1, -0.05) is 26.2 Å². The third-order valence-electron chi connectivity index (χ3n) is 3.45. The number of hydrogen-bond donors (Lipinski definition) is 2. The molecule has 15 heavy (non-hydrogen) atoms. The van der Waals surface area contributed by atoms with E-state index in [2.05, 4.69) is 29.4 Å². The molecule has 0 spiro atoms. The summed E-state index contributed by atoms with van der Waals surface area (Å²) in [7, 11) is 0. The van der Waals surface area contributed by atoms with Crippen LogP contribution in [0.1, 0.15) is 57.2 Å². The summed E-state index contributed by atoms with van der Waals surface area (Å²) in [6, 6.07) is 5.53. The van der Waals surface area contributed by atoms with Crippen molar-refractivity contribution >= 4 is 0 Å². The Morgan fingerprint density at radius 3 is 2.80 bits per heavy atom. The first kappa shape index (κ1) is 10.7. The summed E-state index contributed by atoms with van der Waals surface area (Å²) in [6.07, 6.45) is 10.1. The van der Waals surface area contributed by atoms with E-state index in [1.165, 1.54) is 37.8 Å². The van der Waals surface area contributed by atoms with Gasteiger partial charge >= 0.3 is 0 Å². The van der Waals surface area contributed by atoms with Gasteiger partial charge < -0.3 is 10.3 Å². The van der Waals surface area contributed by atoms with Crippen molar-refractivity contribution in [2.24, 2.45) is 0 Å². The lowest BCUT2D eigenvalue weighted by molar-refractivity contribution is 0.332. The molecule has 0 aliphatic heterocycles. The first-order valence-electron chi connectivity index (χ1n) is 6.29. The molecule has 2 nitrogen and oxygen atoms in total. The molecule has 1 aliphatic rings. The molecule has 1 saturated carbocycles. The summed E-state index contributed by atoms with van der Waals surface area (Å²) in [5, 5.41) is 3.78. The summed E-state index contributed by atoms with van der Waals surface area (Å²) in [5.41, 5.74) is 1.34. The van der Waals surface area contributed by atoms with Crippen LogP contribution < -0.4 is 5.32 Å². The van der Waals surface area contributed by atoms with Gasteiger partial charge in [0.2, 0.25) is 0 Å². The molecular weight excluding hydrogens is 184 g/mol. The minimum Gasteiger partial charge on any atom is -0.364 e. The molecule has 1 aliphatic carbocycles. The number of rotatable bonds is 4. The molecule has 2 heteroatoms. The molecule has 0 amide bonds. The van der Waals surface area contributed by atoms with Gasteiger partial charge in [-0.3, -0.25) is 0 Å². The van der Waals surface area contributed by atoms with Crippen LogP contribution >= 0.6 is 0 Å². The van der Waals surface area contributed by atoms with Gasteiger partial charge in [-0.2, -0.15) is 0 Å². The molecule has 0 bridgehead atoms. The van der Waals surface area contributed by atoms with Crippen molar-refractivity contribution in [3.63, 3.8) is 0 Å². The molecule has 84 valence electrons. The number of aromatic amines is 1. The fraction of sp³-hybridized carbons (Fsp3) is 0.692. The second-order valence-corrected chi connectivity index (χ2v) is 4.59. The predicted molar refractivity (Wildman–Crippen MR) is 63.8 cm³/mol. The number of aromatic nitrogens is 1. The van der Waals surface area contributed by atoms with E-state index in [9.17, 15) is 0 Å². The smallest absolute Gasteiger partial charge is 0.0472 e. The van der Waals surface area contributed by atoms with Crippen LogP contribution in [-0.2, 0) is 0 Å². The highest BCUT2D eigenvalue weighted by Crippen LogP contribution is 2.22.